The second-order valence-corrected chi connectivity index (χ2v) is 5.66. The summed E-state index contributed by atoms with van der Waals surface area (Å²) in [5, 5.41) is 9.03. The average molecular weight is 313 g/mol. The number of carboxylic acids is 1. The van der Waals surface area contributed by atoms with Crippen molar-refractivity contribution in [3.8, 4) is 11.5 Å². The van der Waals surface area contributed by atoms with Gasteiger partial charge >= 0.3 is 5.97 Å². The molecule has 1 N–H and O–H groups in total. The summed E-state index contributed by atoms with van der Waals surface area (Å²) in [4.78, 5) is 11.0. The molecule has 3 rings (SSSR count). The molecule has 1 aliphatic carbocycles. The molecule has 0 spiro atoms. The Morgan fingerprint density at radius 3 is 2.56 bits per heavy atom. The molecule has 0 amide bonds. The third-order valence-corrected chi connectivity index (χ3v) is 4.18. The molecule has 0 aromatic heterocycles. The Labute approximate surface area is 113 Å². The van der Waals surface area contributed by atoms with Crippen LogP contribution in [0.3, 0.4) is 0 Å². The van der Waals surface area contributed by atoms with Crippen molar-refractivity contribution in [2.75, 3.05) is 13.2 Å². The Morgan fingerprint density at radius 2 is 1.94 bits per heavy atom. The molecule has 1 heterocycles. The van der Waals surface area contributed by atoms with Crippen molar-refractivity contribution in [3.63, 3.8) is 0 Å². The third-order valence-electron chi connectivity index (χ3n) is 3.55. The first-order valence-corrected chi connectivity index (χ1v) is 6.72. The monoisotopic (exact) mass is 312 g/mol. The first-order valence-electron chi connectivity index (χ1n) is 5.93. The standard InChI is InChI=1S/C13H13BrO4/c14-9-2-1-8(11-12(9)18-6-5-17-11)13(3-4-13)7-10(15)16/h1-2H,3-7H2,(H,15,16). The molecule has 1 fully saturated rings. The summed E-state index contributed by atoms with van der Waals surface area (Å²) in [6.45, 7) is 1.04. The van der Waals surface area contributed by atoms with Crippen LogP contribution in [0.1, 0.15) is 24.8 Å². The van der Waals surface area contributed by atoms with Gasteiger partial charge in [0, 0.05) is 11.0 Å². The fraction of sp³-hybridized carbons (Fsp3) is 0.462. The minimum atomic E-state index is -0.763. The number of hydrogen-bond acceptors (Lipinski definition) is 3. The van der Waals surface area contributed by atoms with Crippen LogP contribution >= 0.6 is 15.9 Å². The van der Waals surface area contributed by atoms with Gasteiger partial charge < -0.3 is 14.6 Å². The highest BCUT2D eigenvalue weighted by atomic mass is 79.9. The smallest absolute Gasteiger partial charge is 0.304 e. The normalized spacial score (nSPS) is 19.4. The molecule has 0 atom stereocenters. The highest BCUT2D eigenvalue weighted by Crippen LogP contribution is 2.57. The predicted octanol–water partition coefficient (Wildman–Crippen LogP) is 2.73. The van der Waals surface area contributed by atoms with E-state index in [0.717, 1.165) is 28.6 Å². The average Bonchev–Trinajstić information content (AvgIpc) is 3.09. The minimum Gasteiger partial charge on any atom is -0.486 e. The van der Waals surface area contributed by atoms with Crippen LogP contribution in [0.15, 0.2) is 16.6 Å². The Balaban J connectivity index is 2.05. The highest BCUT2D eigenvalue weighted by molar-refractivity contribution is 9.10. The maximum Gasteiger partial charge on any atom is 0.304 e. The molecule has 1 aromatic carbocycles. The van der Waals surface area contributed by atoms with E-state index in [9.17, 15) is 4.79 Å². The summed E-state index contributed by atoms with van der Waals surface area (Å²) in [5.74, 6) is 0.658. The number of carboxylic acid groups (broad SMARTS) is 1. The van der Waals surface area contributed by atoms with E-state index < -0.39 is 5.97 Å². The molecule has 4 nitrogen and oxygen atoms in total. The van der Waals surface area contributed by atoms with Gasteiger partial charge in [0.05, 0.1) is 10.9 Å². The maximum absolute atomic E-state index is 11.0. The summed E-state index contributed by atoms with van der Waals surface area (Å²) in [6, 6.07) is 3.86. The van der Waals surface area contributed by atoms with Gasteiger partial charge in [0.15, 0.2) is 11.5 Å². The van der Waals surface area contributed by atoms with Crippen LogP contribution in [0, 0.1) is 0 Å². The molecule has 2 aliphatic rings. The number of benzene rings is 1. The molecule has 18 heavy (non-hydrogen) atoms. The zero-order valence-corrected chi connectivity index (χ0v) is 11.3. The third kappa shape index (κ3) is 1.86. The summed E-state index contributed by atoms with van der Waals surface area (Å²) in [5.41, 5.74) is 0.722. The summed E-state index contributed by atoms with van der Waals surface area (Å²) in [6.07, 6.45) is 1.96. The van der Waals surface area contributed by atoms with E-state index in [0.29, 0.717) is 19.0 Å². The lowest BCUT2D eigenvalue weighted by atomic mass is 9.91. The van der Waals surface area contributed by atoms with Crippen molar-refractivity contribution >= 4 is 21.9 Å². The number of fused-ring (bicyclic) bond motifs is 1. The van der Waals surface area contributed by atoms with Crippen LogP contribution in [-0.2, 0) is 10.2 Å². The van der Waals surface area contributed by atoms with Gasteiger partial charge in [0.2, 0.25) is 0 Å². The number of ether oxygens (including phenoxy) is 2. The molecule has 96 valence electrons. The van der Waals surface area contributed by atoms with Gasteiger partial charge in [0.1, 0.15) is 13.2 Å². The van der Waals surface area contributed by atoms with E-state index in [1.807, 2.05) is 12.1 Å². The lowest BCUT2D eigenvalue weighted by molar-refractivity contribution is -0.137. The number of halogens is 1. The van der Waals surface area contributed by atoms with Crippen LogP contribution in [0.5, 0.6) is 11.5 Å². The molecular formula is C13H13BrO4. The van der Waals surface area contributed by atoms with E-state index in [2.05, 4.69) is 15.9 Å². The summed E-state index contributed by atoms with van der Waals surface area (Å²) in [7, 11) is 0. The first-order chi connectivity index (χ1) is 8.62. The molecule has 0 saturated heterocycles. The molecule has 1 saturated carbocycles. The van der Waals surface area contributed by atoms with Crippen molar-refractivity contribution < 1.29 is 19.4 Å². The Hall–Kier alpha value is -1.23. The van der Waals surface area contributed by atoms with E-state index in [4.69, 9.17) is 14.6 Å². The number of aliphatic carboxylic acids is 1. The van der Waals surface area contributed by atoms with Crippen molar-refractivity contribution in [2.45, 2.75) is 24.7 Å². The number of carbonyl (C=O) groups is 1. The van der Waals surface area contributed by atoms with Crippen LogP contribution in [0.25, 0.3) is 0 Å². The van der Waals surface area contributed by atoms with Crippen molar-refractivity contribution in [1.29, 1.82) is 0 Å². The second-order valence-electron chi connectivity index (χ2n) is 4.80. The Kier molecular flexibility index (Phi) is 2.73. The van der Waals surface area contributed by atoms with Crippen LogP contribution in [0.4, 0.5) is 0 Å². The van der Waals surface area contributed by atoms with E-state index in [1.165, 1.54) is 0 Å². The SMILES string of the molecule is O=C(O)CC1(c2ccc(Br)c3c2OCCO3)CC1. The maximum atomic E-state index is 11.0. The van der Waals surface area contributed by atoms with Crippen LogP contribution in [0.2, 0.25) is 0 Å². The van der Waals surface area contributed by atoms with Gasteiger partial charge in [-0.05, 0) is 34.8 Å². The van der Waals surface area contributed by atoms with E-state index >= 15 is 0 Å². The Morgan fingerprint density at radius 1 is 1.28 bits per heavy atom. The molecule has 0 unspecified atom stereocenters. The molecule has 1 aliphatic heterocycles. The van der Waals surface area contributed by atoms with Crippen molar-refractivity contribution in [2.24, 2.45) is 0 Å². The van der Waals surface area contributed by atoms with E-state index in [1.54, 1.807) is 0 Å². The topological polar surface area (TPSA) is 55.8 Å². The fourth-order valence-corrected chi connectivity index (χ4v) is 2.93. The quantitative estimate of drug-likeness (QED) is 0.932. The Bertz CT molecular complexity index is 508. The number of hydrogen-bond donors (Lipinski definition) is 1. The highest BCUT2D eigenvalue weighted by Gasteiger charge is 2.48. The van der Waals surface area contributed by atoms with E-state index in [-0.39, 0.29) is 11.8 Å². The predicted molar refractivity (Wildman–Crippen MR) is 68.3 cm³/mol. The molecule has 0 radical (unpaired) electrons. The first kappa shape index (κ1) is 11.8. The second kappa shape index (κ2) is 4.16. The summed E-state index contributed by atoms with van der Waals surface area (Å²) < 4.78 is 12.2. The van der Waals surface area contributed by atoms with Gasteiger partial charge in [-0.15, -0.1) is 0 Å². The molecule has 0 bridgehead atoms. The number of rotatable bonds is 3. The molecular weight excluding hydrogens is 300 g/mol. The van der Waals surface area contributed by atoms with Gasteiger partial charge in [-0.3, -0.25) is 4.79 Å². The van der Waals surface area contributed by atoms with Gasteiger partial charge in [-0.2, -0.15) is 0 Å². The fourth-order valence-electron chi connectivity index (χ4n) is 2.50. The van der Waals surface area contributed by atoms with Crippen molar-refractivity contribution in [3.05, 3.63) is 22.2 Å². The van der Waals surface area contributed by atoms with Gasteiger partial charge in [-0.1, -0.05) is 6.07 Å². The zero-order chi connectivity index (χ0) is 12.8. The minimum absolute atomic E-state index is 0.157. The zero-order valence-electron chi connectivity index (χ0n) is 9.74. The van der Waals surface area contributed by atoms with Crippen LogP contribution < -0.4 is 9.47 Å². The van der Waals surface area contributed by atoms with Gasteiger partial charge in [-0.25, -0.2) is 0 Å². The lowest BCUT2D eigenvalue weighted by Gasteiger charge is -2.25. The van der Waals surface area contributed by atoms with Crippen molar-refractivity contribution in [1.82, 2.24) is 0 Å². The summed E-state index contributed by atoms with van der Waals surface area (Å²) >= 11 is 3.43. The largest absolute Gasteiger partial charge is 0.486 e. The van der Waals surface area contributed by atoms with Crippen LogP contribution in [-0.4, -0.2) is 24.3 Å². The molecule has 5 heteroatoms. The lowest BCUT2D eigenvalue weighted by Crippen LogP contribution is -2.20. The molecule has 1 aromatic rings. The van der Waals surface area contributed by atoms with Gasteiger partial charge in [0.25, 0.3) is 0 Å².